The lowest BCUT2D eigenvalue weighted by Gasteiger charge is -2.31. The molecule has 1 aliphatic heterocycles. The molecule has 3 aromatic carbocycles. The first-order valence-electron chi connectivity index (χ1n) is 10.3. The minimum atomic E-state index is -4.40. The molecule has 4 rings (SSSR count). The van der Waals surface area contributed by atoms with Crippen LogP contribution in [0, 0.1) is 17.0 Å². The lowest BCUT2D eigenvalue weighted by Crippen LogP contribution is -2.50. The van der Waals surface area contributed by atoms with Gasteiger partial charge in [-0.05, 0) is 50.8 Å². The van der Waals surface area contributed by atoms with Gasteiger partial charge in [-0.1, -0.05) is 48.5 Å². The SMILES string of the molecule is Cc1ccc(NC(=O)CN2C(Cc3cccc4ccccc34)=C(Br)C(=O)NS2(=O)=O)c([N+](=O)[O-])c1. The van der Waals surface area contributed by atoms with Gasteiger partial charge in [-0.2, -0.15) is 8.42 Å². The molecule has 2 amide bonds. The maximum Gasteiger partial charge on any atom is 0.326 e. The van der Waals surface area contributed by atoms with Gasteiger partial charge in [0.2, 0.25) is 5.91 Å². The summed E-state index contributed by atoms with van der Waals surface area (Å²) in [6, 6.07) is 17.3. The molecule has 0 atom stereocenters. The van der Waals surface area contributed by atoms with Gasteiger partial charge in [0.1, 0.15) is 16.7 Å². The first-order valence-corrected chi connectivity index (χ1v) is 12.5. The zero-order valence-corrected chi connectivity index (χ0v) is 20.7. The molecule has 10 nitrogen and oxygen atoms in total. The van der Waals surface area contributed by atoms with Crippen LogP contribution in [0.1, 0.15) is 11.1 Å². The fourth-order valence-electron chi connectivity index (χ4n) is 3.79. The summed E-state index contributed by atoms with van der Waals surface area (Å²) < 4.78 is 28.4. The average molecular weight is 559 g/mol. The number of nitro benzene ring substituents is 1. The summed E-state index contributed by atoms with van der Waals surface area (Å²) in [4.78, 5) is 35.9. The summed E-state index contributed by atoms with van der Waals surface area (Å²) in [7, 11) is -4.40. The lowest BCUT2D eigenvalue weighted by molar-refractivity contribution is -0.384. The van der Waals surface area contributed by atoms with Crippen molar-refractivity contribution in [3.05, 3.63) is 92.1 Å². The van der Waals surface area contributed by atoms with Crippen LogP contribution in [-0.2, 0) is 26.2 Å². The van der Waals surface area contributed by atoms with Crippen LogP contribution in [0.2, 0.25) is 0 Å². The van der Waals surface area contributed by atoms with E-state index in [1.165, 1.54) is 12.1 Å². The number of anilines is 1. The number of allylic oxidation sites excluding steroid dienone is 1. The first-order chi connectivity index (χ1) is 16.6. The average Bonchev–Trinajstić information content (AvgIpc) is 2.80. The standard InChI is InChI=1S/C23H19BrN4O6S/c1-14-9-10-18(19(11-14)28(31)32)25-21(29)13-27-20(22(24)23(30)26-35(27,33)34)12-16-7-4-6-15-5-2-3-8-17(15)16/h2-11H,12-13H2,1H3,(H,25,29)(H,26,30). The van der Waals surface area contributed by atoms with E-state index in [4.69, 9.17) is 0 Å². The second-order valence-corrected chi connectivity index (χ2v) is 10.2. The summed E-state index contributed by atoms with van der Waals surface area (Å²) in [5.41, 5.74) is 1.06. The van der Waals surface area contributed by atoms with Gasteiger partial charge in [0.25, 0.3) is 11.6 Å². The van der Waals surface area contributed by atoms with Crippen LogP contribution >= 0.6 is 15.9 Å². The first kappa shape index (κ1) is 24.4. The van der Waals surface area contributed by atoms with Crippen molar-refractivity contribution in [2.45, 2.75) is 13.3 Å². The van der Waals surface area contributed by atoms with E-state index >= 15 is 0 Å². The van der Waals surface area contributed by atoms with E-state index < -0.39 is 33.5 Å². The van der Waals surface area contributed by atoms with Crippen LogP contribution in [-0.4, -0.2) is 36.0 Å². The molecule has 0 unspecified atom stereocenters. The second-order valence-electron chi connectivity index (χ2n) is 7.84. The second kappa shape index (κ2) is 9.47. The van der Waals surface area contributed by atoms with Crippen LogP contribution in [0.15, 0.2) is 70.8 Å². The van der Waals surface area contributed by atoms with E-state index in [1.54, 1.807) is 13.0 Å². The number of nitrogens with one attached hydrogen (secondary N) is 2. The van der Waals surface area contributed by atoms with E-state index in [-0.39, 0.29) is 28.0 Å². The molecule has 12 heteroatoms. The molecule has 0 radical (unpaired) electrons. The fraction of sp³-hybridized carbons (Fsp3) is 0.130. The van der Waals surface area contributed by atoms with Gasteiger partial charge in [0.15, 0.2) is 0 Å². The van der Waals surface area contributed by atoms with E-state index in [0.29, 0.717) is 5.56 Å². The van der Waals surface area contributed by atoms with Crippen molar-refractivity contribution in [3.8, 4) is 0 Å². The number of hydrogen-bond donors (Lipinski definition) is 2. The Hall–Kier alpha value is -3.77. The summed E-state index contributed by atoms with van der Waals surface area (Å²) in [6.45, 7) is 0.965. The molecule has 0 aromatic heterocycles. The number of aryl methyl sites for hydroxylation is 1. The van der Waals surface area contributed by atoms with E-state index in [9.17, 15) is 28.1 Å². The van der Waals surface area contributed by atoms with Crippen molar-refractivity contribution in [3.63, 3.8) is 0 Å². The predicted molar refractivity (Wildman–Crippen MR) is 134 cm³/mol. The minimum Gasteiger partial charge on any atom is -0.319 e. The van der Waals surface area contributed by atoms with E-state index in [2.05, 4.69) is 21.2 Å². The van der Waals surface area contributed by atoms with Gasteiger partial charge >= 0.3 is 10.2 Å². The molecule has 180 valence electrons. The highest BCUT2D eigenvalue weighted by atomic mass is 79.9. The van der Waals surface area contributed by atoms with Crippen molar-refractivity contribution < 1.29 is 22.9 Å². The van der Waals surface area contributed by atoms with Crippen LogP contribution < -0.4 is 10.0 Å². The number of amides is 2. The Kier molecular flexibility index (Phi) is 6.59. The van der Waals surface area contributed by atoms with Gasteiger partial charge in [-0.25, -0.2) is 9.03 Å². The Morgan fingerprint density at radius 3 is 2.60 bits per heavy atom. The highest BCUT2D eigenvalue weighted by Gasteiger charge is 2.37. The molecule has 3 aromatic rings. The van der Waals surface area contributed by atoms with Crippen molar-refractivity contribution in [2.75, 3.05) is 11.9 Å². The van der Waals surface area contributed by atoms with Gasteiger partial charge < -0.3 is 5.32 Å². The smallest absolute Gasteiger partial charge is 0.319 e. The topological polar surface area (TPSA) is 139 Å². The molecule has 1 heterocycles. The van der Waals surface area contributed by atoms with Gasteiger partial charge in [-0.3, -0.25) is 19.7 Å². The molecule has 0 bridgehead atoms. The maximum absolute atomic E-state index is 12.9. The Bertz CT molecular complexity index is 1510. The number of carbonyl (C=O) groups excluding carboxylic acids is 2. The molecule has 2 N–H and O–H groups in total. The third kappa shape index (κ3) is 5.03. The number of carbonyl (C=O) groups is 2. The van der Waals surface area contributed by atoms with Crippen molar-refractivity contribution in [2.24, 2.45) is 0 Å². The zero-order valence-electron chi connectivity index (χ0n) is 18.3. The molecular formula is C23H19BrN4O6S. The summed E-state index contributed by atoms with van der Waals surface area (Å²) in [5.74, 6) is -1.67. The normalized spacial score (nSPS) is 15.1. The molecule has 0 saturated heterocycles. The van der Waals surface area contributed by atoms with Gasteiger partial charge in [0, 0.05) is 12.5 Å². The molecular weight excluding hydrogens is 540 g/mol. The van der Waals surface area contributed by atoms with Crippen molar-refractivity contribution in [1.29, 1.82) is 0 Å². The van der Waals surface area contributed by atoms with E-state index in [0.717, 1.165) is 20.6 Å². The highest BCUT2D eigenvalue weighted by molar-refractivity contribution is 9.12. The summed E-state index contributed by atoms with van der Waals surface area (Å²) in [6.07, 6.45) is 0.0343. The zero-order chi connectivity index (χ0) is 25.3. The summed E-state index contributed by atoms with van der Waals surface area (Å²) >= 11 is 3.17. The lowest BCUT2D eigenvalue weighted by atomic mass is 10.0. The van der Waals surface area contributed by atoms with Crippen LogP contribution in [0.5, 0.6) is 0 Å². The fourth-order valence-corrected chi connectivity index (χ4v) is 5.68. The molecule has 0 fully saturated rings. The number of nitro groups is 1. The number of hydrogen-bond acceptors (Lipinski definition) is 6. The predicted octanol–water partition coefficient (Wildman–Crippen LogP) is 3.52. The molecule has 1 aliphatic rings. The number of fused-ring (bicyclic) bond motifs is 1. The monoisotopic (exact) mass is 558 g/mol. The minimum absolute atomic E-state index is 0.0330. The number of rotatable bonds is 6. The quantitative estimate of drug-likeness (QED) is 0.350. The number of halogens is 1. The largest absolute Gasteiger partial charge is 0.326 e. The Morgan fingerprint density at radius 1 is 1.14 bits per heavy atom. The van der Waals surface area contributed by atoms with Gasteiger partial charge in [0.05, 0.1) is 10.6 Å². The number of nitrogens with zero attached hydrogens (tertiary/aromatic N) is 2. The molecule has 35 heavy (non-hydrogen) atoms. The van der Waals surface area contributed by atoms with Crippen LogP contribution in [0.4, 0.5) is 11.4 Å². The Morgan fingerprint density at radius 2 is 1.86 bits per heavy atom. The third-order valence-electron chi connectivity index (χ3n) is 5.41. The van der Waals surface area contributed by atoms with Gasteiger partial charge in [-0.15, -0.1) is 0 Å². The van der Waals surface area contributed by atoms with Crippen molar-refractivity contribution in [1.82, 2.24) is 9.03 Å². The Labute approximate surface area is 209 Å². The molecule has 0 aliphatic carbocycles. The molecule has 0 saturated carbocycles. The Balaban J connectivity index is 1.68. The number of benzene rings is 3. The summed E-state index contributed by atoms with van der Waals surface area (Å²) in [5, 5.41) is 15.6. The van der Waals surface area contributed by atoms with Crippen molar-refractivity contribution >= 4 is 60.1 Å². The highest BCUT2D eigenvalue weighted by Crippen LogP contribution is 2.30. The third-order valence-corrected chi connectivity index (χ3v) is 7.61. The maximum atomic E-state index is 12.9. The van der Waals surface area contributed by atoms with Crippen LogP contribution in [0.3, 0.4) is 0 Å². The molecule has 0 spiro atoms. The van der Waals surface area contributed by atoms with E-state index in [1.807, 2.05) is 47.2 Å². The van der Waals surface area contributed by atoms with Crippen LogP contribution in [0.25, 0.3) is 10.8 Å².